The van der Waals surface area contributed by atoms with E-state index < -0.39 is 5.97 Å². The maximum absolute atomic E-state index is 10.6. The van der Waals surface area contributed by atoms with Crippen LogP contribution in [0.15, 0.2) is 45.7 Å². The third-order valence-electron chi connectivity index (χ3n) is 2.33. The number of nitrogens with zero attached hydrogens (tertiary/aromatic N) is 1. The normalized spacial score (nSPS) is 11.5. The van der Waals surface area contributed by atoms with E-state index in [1.165, 1.54) is 11.0 Å². The Hall–Kier alpha value is -1.64. The molecule has 0 saturated heterocycles. The first-order chi connectivity index (χ1) is 9.12. The summed E-state index contributed by atoms with van der Waals surface area (Å²) in [6, 6.07) is 7.71. The van der Waals surface area contributed by atoms with Crippen LogP contribution in [0.4, 0.5) is 0 Å². The second-order valence-corrected chi connectivity index (χ2v) is 5.19. The topological polar surface area (TPSA) is 61.1 Å². The van der Waals surface area contributed by atoms with Gasteiger partial charge in [-0.05, 0) is 36.3 Å². The smallest absolute Gasteiger partial charge is 0.346 e. The molecule has 0 saturated carbocycles. The number of benzene rings is 1. The van der Waals surface area contributed by atoms with Crippen molar-refractivity contribution in [1.29, 1.82) is 5.26 Å². The van der Waals surface area contributed by atoms with Gasteiger partial charge in [-0.3, -0.25) is 0 Å². The molecule has 1 rings (SSSR count). The fraction of sp³-hybridized carbons (Fsp3) is 0.143. The summed E-state index contributed by atoms with van der Waals surface area (Å²) in [5, 5.41) is 17.3. The number of allylic oxidation sites excluding steroid dienone is 2. The average Bonchev–Trinajstić information content (AvgIpc) is 2.43. The van der Waals surface area contributed by atoms with Crippen LogP contribution in [-0.2, 0) is 4.79 Å². The number of nitriles is 1. The minimum atomic E-state index is -1.21. The van der Waals surface area contributed by atoms with Crippen LogP contribution in [-0.4, -0.2) is 23.6 Å². The summed E-state index contributed by atoms with van der Waals surface area (Å²) in [5.74, 6) is -1.21. The maximum Gasteiger partial charge on any atom is 0.346 e. The molecule has 5 heteroatoms. The highest BCUT2D eigenvalue weighted by molar-refractivity contribution is 7.99. The van der Waals surface area contributed by atoms with Gasteiger partial charge < -0.3 is 5.11 Å². The summed E-state index contributed by atoms with van der Waals surface area (Å²) in [4.78, 5) is 12.9. The van der Waals surface area contributed by atoms with Crippen LogP contribution in [0.3, 0.4) is 0 Å². The van der Waals surface area contributed by atoms with Gasteiger partial charge in [0, 0.05) is 9.79 Å². The molecular weight excluding hydrogens is 278 g/mol. The first-order valence-corrected chi connectivity index (χ1v) is 7.81. The zero-order valence-electron chi connectivity index (χ0n) is 10.6. The summed E-state index contributed by atoms with van der Waals surface area (Å²) in [6.07, 6.45) is 8.69. The fourth-order valence-electron chi connectivity index (χ4n) is 1.36. The minimum absolute atomic E-state index is 0.275. The van der Waals surface area contributed by atoms with E-state index in [9.17, 15) is 4.79 Å². The van der Waals surface area contributed by atoms with Crippen LogP contribution >= 0.6 is 23.5 Å². The van der Waals surface area contributed by atoms with Gasteiger partial charge in [-0.2, -0.15) is 5.26 Å². The first-order valence-electron chi connectivity index (χ1n) is 5.36. The van der Waals surface area contributed by atoms with E-state index >= 15 is 0 Å². The van der Waals surface area contributed by atoms with Crippen LogP contribution in [0.2, 0.25) is 0 Å². The van der Waals surface area contributed by atoms with E-state index in [0.717, 1.165) is 10.5 Å². The minimum Gasteiger partial charge on any atom is -0.477 e. The Bertz CT molecular complexity index is 571. The van der Waals surface area contributed by atoms with Crippen molar-refractivity contribution in [3.63, 3.8) is 0 Å². The summed E-state index contributed by atoms with van der Waals surface area (Å²) in [7, 11) is 0. The van der Waals surface area contributed by atoms with Crippen molar-refractivity contribution in [3.8, 4) is 6.07 Å². The average molecular weight is 291 g/mol. The molecule has 0 unspecified atom stereocenters. The molecule has 0 fully saturated rings. The summed E-state index contributed by atoms with van der Waals surface area (Å²) in [5.41, 5.74) is 0.729. The van der Waals surface area contributed by atoms with E-state index in [-0.39, 0.29) is 5.57 Å². The SMILES string of the molecule is CSc1ccc(C=CC=C(C#N)C(=O)O)c(SC)c1. The number of thioether (sulfide) groups is 2. The lowest BCUT2D eigenvalue weighted by Crippen LogP contribution is -1.96. The molecule has 0 aromatic heterocycles. The zero-order valence-corrected chi connectivity index (χ0v) is 12.2. The molecular formula is C14H13NO2S2. The Balaban J connectivity index is 3.00. The number of carboxylic acids is 1. The van der Waals surface area contributed by atoms with E-state index in [4.69, 9.17) is 10.4 Å². The van der Waals surface area contributed by atoms with Crippen molar-refractivity contribution in [2.45, 2.75) is 9.79 Å². The Morgan fingerprint density at radius 3 is 2.63 bits per heavy atom. The summed E-state index contributed by atoms with van der Waals surface area (Å²) < 4.78 is 0. The van der Waals surface area contributed by atoms with Gasteiger partial charge in [0.05, 0.1) is 0 Å². The molecule has 0 aliphatic carbocycles. The third kappa shape index (κ3) is 4.51. The molecule has 3 nitrogen and oxygen atoms in total. The van der Waals surface area contributed by atoms with Gasteiger partial charge in [-0.25, -0.2) is 4.79 Å². The van der Waals surface area contributed by atoms with E-state index in [1.54, 1.807) is 41.7 Å². The van der Waals surface area contributed by atoms with Crippen LogP contribution in [0.1, 0.15) is 5.56 Å². The first kappa shape index (κ1) is 15.4. The third-order valence-corrected chi connectivity index (χ3v) is 3.85. The van der Waals surface area contributed by atoms with E-state index in [1.807, 2.05) is 24.6 Å². The Kier molecular flexibility index (Phi) is 6.26. The second kappa shape index (κ2) is 7.72. The van der Waals surface area contributed by atoms with Gasteiger partial charge in [0.1, 0.15) is 11.6 Å². The van der Waals surface area contributed by atoms with E-state index in [0.29, 0.717) is 0 Å². The van der Waals surface area contributed by atoms with Gasteiger partial charge >= 0.3 is 5.97 Å². The molecule has 1 N–H and O–H groups in total. The summed E-state index contributed by atoms with van der Waals surface area (Å²) in [6.45, 7) is 0. The molecule has 19 heavy (non-hydrogen) atoms. The van der Waals surface area contributed by atoms with Gasteiger partial charge in [0.25, 0.3) is 0 Å². The van der Waals surface area contributed by atoms with Crippen molar-refractivity contribution in [3.05, 3.63) is 41.5 Å². The predicted molar refractivity (Wildman–Crippen MR) is 80.4 cm³/mol. The molecule has 98 valence electrons. The van der Waals surface area contributed by atoms with Crippen molar-refractivity contribution >= 4 is 35.6 Å². The standard InChI is InChI=1S/C14H13NO2S2/c1-18-12-7-6-10(13(8-12)19-2)4-3-5-11(9-15)14(16)17/h3-8H,1-2H3,(H,16,17). The van der Waals surface area contributed by atoms with Crippen LogP contribution in [0.25, 0.3) is 6.08 Å². The zero-order chi connectivity index (χ0) is 14.3. The quantitative estimate of drug-likeness (QED) is 0.388. The maximum atomic E-state index is 10.6. The molecule has 1 aromatic carbocycles. The number of hydrogen-bond acceptors (Lipinski definition) is 4. The second-order valence-electron chi connectivity index (χ2n) is 3.46. The lowest BCUT2D eigenvalue weighted by molar-refractivity contribution is -0.132. The number of carboxylic acid groups (broad SMARTS) is 1. The van der Waals surface area contributed by atoms with E-state index in [2.05, 4.69) is 6.07 Å². The molecule has 0 bridgehead atoms. The van der Waals surface area contributed by atoms with Gasteiger partial charge in [0.2, 0.25) is 0 Å². The molecule has 0 aliphatic rings. The van der Waals surface area contributed by atoms with Crippen molar-refractivity contribution in [1.82, 2.24) is 0 Å². The number of carbonyl (C=O) groups is 1. The number of aliphatic carboxylic acids is 1. The van der Waals surface area contributed by atoms with Crippen molar-refractivity contribution < 1.29 is 9.90 Å². The largest absolute Gasteiger partial charge is 0.477 e. The van der Waals surface area contributed by atoms with Crippen molar-refractivity contribution in [2.75, 3.05) is 12.5 Å². The van der Waals surface area contributed by atoms with Crippen LogP contribution in [0, 0.1) is 11.3 Å². The highest BCUT2D eigenvalue weighted by Gasteiger charge is 2.03. The monoisotopic (exact) mass is 291 g/mol. The van der Waals surface area contributed by atoms with Crippen molar-refractivity contribution in [2.24, 2.45) is 0 Å². The highest BCUT2D eigenvalue weighted by Crippen LogP contribution is 2.27. The van der Waals surface area contributed by atoms with Gasteiger partial charge in [0.15, 0.2) is 0 Å². The molecule has 1 aromatic rings. The van der Waals surface area contributed by atoms with Crippen LogP contribution in [0.5, 0.6) is 0 Å². The Labute approximate surface area is 121 Å². The highest BCUT2D eigenvalue weighted by atomic mass is 32.2. The van der Waals surface area contributed by atoms with Gasteiger partial charge in [-0.15, -0.1) is 23.5 Å². The molecule has 0 aliphatic heterocycles. The molecule has 0 amide bonds. The van der Waals surface area contributed by atoms with Gasteiger partial charge in [-0.1, -0.05) is 18.2 Å². The molecule has 0 heterocycles. The number of rotatable bonds is 5. The lowest BCUT2D eigenvalue weighted by atomic mass is 10.2. The molecule has 0 radical (unpaired) electrons. The lowest BCUT2D eigenvalue weighted by Gasteiger charge is -2.04. The Morgan fingerprint density at radius 1 is 1.37 bits per heavy atom. The predicted octanol–water partition coefficient (Wildman–Crippen LogP) is 3.68. The molecule has 0 spiro atoms. The summed E-state index contributed by atoms with van der Waals surface area (Å²) >= 11 is 3.30. The fourth-order valence-corrected chi connectivity index (χ4v) is 2.49. The van der Waals surface area contributed by atoms with Crippen LogP contribution < -0.4 is 0 Å². The Morgan fingerprint density at radius 2 is 2.11 bits per heavy atom. The molecule has 0 atom stereocenters. The number of hydrogen-bond donors (Lipinski definition) is 1.